The number of halogens is 3. The predicted octanol–water partition coefficient (Wildman–Crippen LogP) is 3.09. The monoisotopic (exact) mass is 251 g/mol. The van der Waals surface area contributed by atoms with Crippen LogP contribution in [0.2, 0.25) is 0 Å². The van der Waals surface area contributed by atoms with E-state index in [9.17, 15) is 13.2 Å². The summed E-state index contributed by atoms with van der Waals surface area (Å²) in [5, 5.41) is 9.15. The van der Waals surface area contributed by atoms with Crippen LogP contribution in [-0.2, 0) is 4.74 Å². The maximum Gasteiger partial charge on any atom is 0.441 e. The number of nitriles is 1. The first-order valence-electron chi connectivity index (χ1n) is 5.23. The van der Waals surface area contributed by atoms with Crippen molar-refractivity contribution in [3.05, 3.63) is 0 Å². The van der Waals surface area contributed by atoms with Gasteiger partial charge in [0.15, 0.2) is 0 Å². The van der Waals surface area contributed by atoms with Gasteiger partial charge < -0.3 is 4.74 Å². The van der Waals surface area contributed by atoms with E-state index in [-0.39, 0.29) is 36.1 Å². The van der Waals surface area contributed by atoms with Gasteiger partial charge in [-0.15, -0.1) is 0 Å². The average molecular weight is 251 g/mol. The van der Waals surface area contributed by atoms with Gasteiger partial charge in [-0.3, -0.25) is 0 Å². The number of alkyl halides is 3. The minimum absolute atomic E-state index is 0.0450. The minimum atomic E-state index is -4.20. The van der Waals surface area contributed by atoms with E-state index in [2.05, 4.69) is 6.07 Å². The highest BCUT2D eigenvalue weighted by atomic mass is 32.2. The second-order valence-electron chi connectivity index (χ2n) is 4.34. The summed E-state index contributed by atoms with van der Waals surface area (Å²) in [6.45, 7) is 0. The molecular weight excluding hydrogens is 239 g/mol. The van der Waals surface area contributed by atoms with Gasteiger partial charge in [-0.2, -0.15) is 18.4 Å². The molecule has 0 saturated carbocycles. The van der Waals surface area contributed by atoms with Crippen LogP contribution in [0.25, 0.3) is 0 Å². The summed E-state index contributed by atoms with van der Waals surface area (Å²) in [5.74, 6) is -0.0519. The fourth-order valence-corrected chi connectivity index (χ4v) is 3.28. The molecule has 16 heavy (non-hydrogen) atoms. The standard InChI is InChI=1S/C10H12F3NOS/c11-10(12,13)16-4-3-9(6-14)5-7-1-2-8(9)15-7/h7-8H,1-5H2. The average Bonchev–Trinajstić information content (AvgIpc) is 2.75. The van der Waals surface area contributed by atoms with Crippen LogP contribution in [0.1, 0.15) is 25.7 Å². The fraction of sp³-hybridized carbons (Fsp3) is 0.900. The lowest BCUT2D eigenvalue weighted by atomic mass is 9.73. The molecule has 3 atom stereocenters. The van der Waals surface area contributed by atoms with Gasteiger partial charge >= 0.3 is 5.51 Å². The van der Waals surface area contributed by atoms with Crippen LogP contribution in [0.15, 0.2) is 0 Å². The molecule has 0 N–H and O–H groups in total. The Kier molecular flexibility index (Phi) is 3.10. The molecule has 2 fully saturated rings. The summed E-state index contributed by atoms with van der Waals surface area (Å²) < 4.78 is 41.5. The molecule has 6 heteroatoms. The van der Waals surface area contributed by atoms with E-state index in [1.54, 1.807) is 0 Å². The summed E-state index contributed by atoms with van der Waals surface area (Å²) >= 11 is -0.0450. The van der Waals surface area contributed by atoms with Crippen LogP contribution in [0, 0.1) is 16.7 Å². The summed E-state index contributed by atoms with van der Waals surface area (Å²) in [6, 6.07) is 2.19. The van der Waals surface area contributed by atoms with Gasteiger partial charge in [0, 0.05) is 5.75 Å². The third kappa shape index (κ3) is 2.30. The van der Waals surface area contributed by atoms with E-state index in [4.69, 9.17) is 10.00 Å². The second-order valence-corrected chi connectivity index (χ2v) is 5.50. The molecule has 0 spiro atoms. The van der Waals surface area contributed by atoms with Crippen LogP contribution in [0.5, 0.6) is 0 Å². The summed E-state index contributed by atoms with van der Waals surface area (Å²) in [7, 11) is 0. The first-order valence-corrected chi connectivity index (χ1v) is 6.21. The smallest absolute Gasteiger partial charge is 0.373 e. The Hall–Kier alpha value is -0.410. The summed E-state index contributed by atoms with van der Waals surface area (Å²) in [4.78, 5) is 0. The van der Waals surface area contributed by atoms with E-state index in [1.807, 2.05) is 0 Å². The number of hydrogen-bond donors (Lipinski definition) is 0. The van der Waals surface area contributed by atoms with Crippen molar-refractivity contribution in [2.45, 2.75) is 43.4 Å². The molecule has 2 nitrogen and oxygen atoms in total. The Morgan fingerprint density at radius 3 is 2.62 bits per heavy atom. The molecule has 90 valence electrons. The molecule has 2 saturated heterocycles. The van der Waals surface area contributed by atoms with Gasteiger partial charge in [0.25, 0.3) is 0 Å². The quantitative estimate of drug-likeness (QED) is 0.772. The zero-order valence-corrected chi connectivity index (χ0v) is 9.40. The molecule has 2 aliphatic heterocycles. The molecule has 3 unspecified atom stereocenters. The van der Waals surface area contributed by atoms with Crippen LogP contribution in [-0.4, -0.2) is 23.5 Å². The number of fused-ring (bicyclic) bond motifs is 2. The van der Waals surface area contributed by atoms with Crippen molar-refractivity contribution in [3.63, 3.8) is 0 Å². The normalized spacial score (nSPS) is 37.6. The molecule has 0 amide bonds. The van der Waals surface area contributed by atoms with Crippen LogP contribution in [0.3, 0.4) is 0 Å². The Labute approximate surface area is 96.1 Å². The maximum absolute atomic E-state index is 12.0. The van der Waals surface area contributed by atoms with Crippen molar-refractivity contribution in [1.82, 2.24) is 0 Å². The van der Waals surface area contributed by atoms with E-state index in [0.717, 1.165) is 12.8 Å². The zero-order valence-electron chi connectivity index (χ0n) is 8.59. The lowest BCUT2D eigenvalue weighted by Gasteiger charge is -2.27. The van der Waals surface area contributed by atoms with Gasteiger partial charge in [-0.1, -0.05) is 11.8 Å². The van der Waals surface area contributed by atoms with E-state index >= 15 is 0 Å². The third-order valence-corrected chi connectivity index (χ3v) is 4.09. The lowest BCUT2D eigenvalue weighted by Crippen LogP contribution is -2.31. The molecule has 2 rings (SSSR count). The van der Waals surface area contributed by atoms with Gasteiger partial charge in [-0.05, 0) is 25.7 Å². The van der Waals surface area contributed by atoms with Crippen LogP contribution < -0.4 is 0 Å². The van der Waals surface area contributed by atoms with Gasteiger partial charge in [0.1, 0.15) is 0 Å². The fourth-order valence-electron chi connectivity index (χ4n) is 2.59. The highest BCUT2D eigenvalue weighted by Crippen LogP contribution is 2.50. The Bertz CT molecular complexity index is 314. The van der Waals surface area contributed by atoms with Crippen molar-refractivity contribution in [1.29, 1.82) is 5.26 Å². The van der Waals surface area contributed by atoms with Crippen molar-refractivity contribution in [2.75, 3.05) is 5.75 Å². The zero-order chi connectivity index (χ0) is 11.8. The van der Waals surface area contributed by atoms with E-state index < -0.39 is 10.9 Å². The summed E-state index contributed by atoms with van der Waals surface area (Å²) in [6.07, 6.45) is 2.59. The first kappa shape index (κ1) is 12.1. The first-order chi connectivity index (χ1) is 7.45. The molecule has 2 heterocycles. The minimum Gasteiger partial charge on any atom is -0.373 e. The summed E-state index contributed by atoms with van der Waals surface area (Å²) in [5.41, 5.74) is -4.86. The second kappa shape index (κ2) is 4.11. The van der Waals surface area contributed by atoms with Gasteiger partial charge in [0.05, 0.1) is 23.7 Å². The molecule has 2 aliphatic rings. The van der Waals surface area contributed by atoms with Gasteiger partial charge in [0.2, 0.25) is 0 Å². The van der Waals surface area contributed by atoms with Crippen LogP contribution in [0.4, 0.5) is 13.2 Å². The van der Waals surface area contributed by atoms with E-state index in [0.29, 0.717) is 6.42 Å². The SMILES string of the molecule is N#CC1(CCSC(F)(F)F)CC2CCC1O2. The third-order valence-electron chi connectivity index (χ3n) is 3.35. The van der Waals surface area contributed by atoms with Gasteiger partial charge in [-0.25, -0.2) is 0 Å². The molecule has 0 aromatic rings. The molecule has 0 aromatic heterocycles. The van der Waals surface area contributed by atoms with Crippen LogP contribution >= 0.6 is 11.8 Å². The molecular formula is C10H12F3NOS. The maximum atomic E-state index is 12.0. The highest BCUT2D eigenvalue weighted by molar-refractivity contribution is 8.00. The molecule has 2 bridgehead atoms. The topological polar surface area (TPSA) is 33.0 Å². The number of ether oxygens (including phenoxy) is 1. The lowest BCUT2D eigenvalue weighted by molar-refractivity contribution is -0.0329. The predicted molar refractivity (Wildman–Crippen MR) is 53.7 cm³/mol. The highest BCUT2D eigenvalue weighted by Gasteiger charge is 2.52. The number of hydrogen-bond acceptors (Lipinski definition) is 3. The number of rotatable bonds is 3. The van der Waals surface area contributed by atoms with Crippen molar-refractivity contribution >= 4 is 11.8 Å². The largest absolute Gasteiger partial charge is 0.441 e. The molecule has 0 radical (unpaired) electrons. The van der Waals surface area contributed by atoms with Crippen molar-refractivity contribution in [2.24, 2.45) is 5.41 Å². The molecule has 0 aliphatic carbocycles. The van der Waals surface area contributed by atoms with E-state index in [1.165, 1.54) is 0 Å². The van der Waals surface area contributed by atoms with Crippen molar-refractivity contribution in [3.8, 4) is 6.07 Å². The number of nitrogens with zero attached hydrogens (tertiary/aromatic N) is 1. The van der Waals surface area contributed by atoms with Crippen molar-refractivity contribution < 1.29 is 17.9 Å². The number of thioether (sulfide) groups is 1. The Balaban J connectivity index is 1.90. The Morgan fingerprint density at radius 1 is 1.44 bits per heavy atom. The molecule has 0 aromatic carbocycles. The Morgan fingerprint density at radius 2 is 2.19 bits per heavy atom.